The average molecular weight is 287 g/mol. The van der Waals surface area contributed by atoms with Crippen molar-refractivity contribution in [2.45, 2.75) is 44.6 Å². The van der Waals surface area contributed by atoms with E-state index in [1.807, 2.05) is 0 Å². The minimum atomic E-state index is 0.403. The van der Waals surface area contributed by atoms with Crippen LogP contribution in [0.2, 0.25) is 0 Å². The molecule has 0 saturated carbocycles. The van der Waals surface area contributed by atoms with Gasteiger partial charge in [-0.1, -0.05) is 25.0 Å². The minimum Gasteiger partial charge on any atom is -0.374 e. The molecule has 1 aromatic carbocycles. The first-order valence-corrected chi connectivity index (χ1v) is 8.57. The molecular formula is C18H29N3. The standard InChI is InChI=1S/C18H29N3/c1-20-10-6-7-15-13-16(8-9-17(15)20)18(14-19)21-11-4-2-3-5-12-21/h8-9,13,18H,2-7,10-12,14,19H2,1H3. The van der Waals surface area contributed by atoms with Crippen LogP contribution >= 0.6 is 0 Å². The highest BCUT2D eigenvalue weighted by atomic mass is 15.2. The van der Waals surface area contributed by atoms with Crippen LogP contribution in [0.5, 0.6) is 0 Å². The largest absolute Gasteiger partial charge is 0.374 e. The summed E-state index contributed by atoms with van der Waals surface area (Å²) in [5.74, 6) is 0. The van der Waals surface area contributed by atoms with Gasteiger partial charge in [-0.15, -0.1) is 0 Å². The zero-order chi connectivity index (χ0) is 14.7. The molecule has 1 fully saturated rings. The number of rotatable bonds is 3. The van der Waals surface area contributed by atoms with Gasteiger partial charge in [0.1, 0.15) is 0 Å². The molecule has 1 saturated heterocycles. The Bertz CT molecular complexity index is 464. The first kappa shape index (κ1) is 14.9. The van der Waals surface area contributed by atoms with Crippen LogP contribution in [0, 0.1) is 0 Å². The lowest BCUT2D eigenvalue weighted by atomic mass is 9.96. The molecule has 1 atom stereocenters. The molecule has 21 heavy (non-hydrogen) atoms. The van der Waals surface area contributed by atoms with Crippen molar-refractivity contribution < 1.29 is 0 Å². The summed E-state index contributed by atoms with van der Waals surface area (Å²) in [6, 6.07) is 7.45. The molecule has 0 radical (unpaired) electrons. The Morgan fingerprint density at radius 2 is 1.81 bits per heavy atom. The van der Waals surface area contributed by atoms with Gasteiger partial charge in [0, 0.05) is 31.9 Å². The number of aryl methyl sites for hydroxylation is 1. The molecule has 3 rings (SSSR count). The molecule has 0 amide bonds. The third kappa shape index (κ3) is 3.24. The summed E-state index contributed by atoms with van der Waals surface area (Å²) in [5, 5.41) is 0. The Labute approximate surface area is 129 Å². The van der Waals surface area contributed by atoms with E-state index < -0.39 is 0 Å². The number of fused-ring (bicyclic) bond motifs is 1. The van der Waals surface area contributed by atoms with E-state index in [9.17, 15) is 0 Å². The zero-order valence-corrected chi connectivity index (χ0v) is 13.4. The van der Waals surface area contributed by atoms with E-state index in [0.717, 1.165) is 6.54 Å². The smallest absolute Gasteiger partial charge is 0.0470 e. The summed E-state index contributed by atoms with van der Waals surface area (Å²) in [5.41, 5.74) is 10.5. The summed E-state index contributed by atoms with van der Waals surface area (Å²) in [6.45, 7) is 4.32. The number of nitrogens with zero attached hydrogens (tertiary/aromatic N) is 2. The quantitative estimate of drug-likeness (QED) is 0.928. The van der Waals surface area contributed by atoms with Gasteiger partial charge in [0.15, 0.2) is 0 Å². The summed E-state index contributed by atoms with van der Waals surface area (Å²) in [6.07, 6.45) is 7.88. The fourth-order valence-corrected chi connectivity index (χ4v) is 3.92. The second-order valence-electron chi connectivity index (χ2n) is 6.61. The van der Waals surface area contributed by atoms with Gasteiger partial charge in [0.2, 0.25) is 0 Å². The summed E-state index contributed by atoms with van der Waals surface area (Å²) in [7, 11) is 2.20. The van der Waals surface area contributed by atoms with Crippen molar-refractivity contribution in [2.75, 3.05) is 38.1 Å². The number of anilines is 1. The van der Waals surface area contributed by atoms with Crippen molar-refractivity contribution in [1.29, 1.82) is 0 Å². The number of hydrogen-bond donors (Lipinski definition) is 1. The molecular weight excluding hydrogens is 258 g/mol. The van der Waals surface area contributed by atoms with E-state index in [-0.39, 0.29) is 0 Å². The van der Waals surface area contributed by atoms with E-state index in [1.54, 1.807) is 0 Å². The fourth-order valence-electron chi connectivity index (χ4n) is 3.92. The molecule has 2 aliphatic rings. The summed E-state index contributed by atoms with van der Waals surface area (Å²) < 4.78 is 0. The summed E-state index contributed by atoms with van der Waals surface area (Å²) >= 11 is 0. The van der Waals surface area contributed by atoms with Crippen molar-refractivity contribution in [3.63, 3.8) is 0 Å². The van der Waals surface area contributed by atoms with Gasteiger partial charge in [-0.2, -0.15) is 0 Å². The molecule has 116 valence electrons. The SMILES string of the molecule is CN1CCCc2cc(C(CN)N3CCCCCC3)ccc21. The van der Waals surface area contributed by atoms with Crippen LogP contribution in [0.25, 0.3) is 0 Å². The van der Waals surface area contributed by atoms with Crippen LogP contribution in [-0.4, -0.2) is 38.1 Å². The molecule has 0 spiro atoms. The lowest BCUT2D eigenvalue weighted by molar-refractivity contribution is 0.209. The monoisotopic (exact) mass is 287 g/mol. The van der Waals surface area contributed by atoms with Gasteiger partial charge < -0.3 is 10.6 Å². The van der Waals surface area contributed by atoms with Crippen molar-refractivity contribution in [3.05, 3.63) is 29.3 Å². The van der Waals surface area contributed by atoms with Crippen LogP contribution in [0.3, 0.4) is 0 Å². The molecule has 2 heterocycles. The Morgan fingerprint density at radius 3 is 2.52 bits per heavy atom. The maximum Gasteiger partial charge on any atom is 0.0470 e. The van der Waals surface area contributed by atoms with Crippen molar-refractivity contribution in [2.24, 2.45) is 5.73 Å². The normalized spacial score (nSPS) is 21.7. The van der Waals surface area contributed by atoms with Gasteiger partial charge in [0.05, 0.1) is 0 Å². The topological polar surface area (TPSA) is 32.5 Å². The van der Waals surface area contributed by atoms with Gasteiger partial charge in [-0.3, -0.25) is 4.90 Å². The van der Waals surface area contributed by atoms with Gasteiger partial charge in [0.25, 0.3) is 0 Å². The fraction of sp³-hybridized carbons (Fsp3) is 0.667. The highest BCUT2D eigenvalue weighted by Gasteiger charge is 2.22. The van der Waals surface area contributed by atoms with Crippen molar-refractivity contribution in [1.82, 2.24) is 4.90 Å². The lowest BCUT2D eigenvalue weighted by Gasteiger charge is -2.32. The molecule has 0 aliphatic carbocycles. The molecule has 1 aromatic rings. The maximum absolute atomic E-state index is 6.14. The third-order valence-electron chi connectivity index (χ3n) is 5.14. The van der Waals surface area contributed by atoms with Gasteiger partial charge in [-0.25, -0.2) is 0 Å². The van der Waals surface area contributed by atoms with Crippen LogP contribution < -0.4 is 10.6 Å². The van der Waals surface area contributed by atoms with E-state index in [0.29, 0.717) is 6.04 Å². The lowest BCUT2D eigenvalue weighted by Crippen LogP contribution is -2.34. The Hall–Kier alpha value is -1.06. The van der Waals surface area contributed by atoms with Crippen LogP contribution in [0.1, 0.15) is 49.3 Å². The van der Waals surface area contributed by atoms with Crippen molar-refractivity contribution >= 4 is 5.69 Å². The molecule has 0 bridgehead atoms. The van der Waals surface area contributed by atoms with E-state index in [4.69, 9.17) is 5.73 Å². The predicted octanol–water partition coefficient (Wildman–Crippen LogP) is 2.94. The number of hydrogen-bond acceptors (Lipinski definition) is 3. The van der Waals surface area contributed by atoms with E-state index in [1.165, 1.54) is 75.0 Å². The summed E-state index contributed by atoms with van der Waals surface area (Å²) in [4.78, 5) is 4.99. The number of benzene rings is 1. The number of likely N-dealkylation sites (tertiary alicyclic amines) is 1. The van der Waals surface area contributed by atoms with Gasteiger partial charge >= 0.3 is 0 Å². The van der Waals surface area contributed by atoms with Crippen LogP contribution in [-0.2, 0) is 6.42 Å². The Kier molecular flexibility index (Phi) is 4.81. The van der Waals surface area contributed by atoms with E-state index in [2.05, 4.69) is 35.0 Å². The first-order valence-electron chi connectivity index (χ1n) is 8.57. The number of nitrogens with two attached hydrogens (primary N) is 1. The van der Waals surface area contributed by atoms with Gasteiger partial charge in [-0.05, 0) is 56.0 Å². The second-order valence-corrected chi connectivity index (χ2v) is 6.61. The molecule has 3 nitrogen and oxygen atoms in total. The molecule has 3 heteroatoms. The predicted molar refractivity (Wildman–Crippen MR) is 89.9 cm³/mol. The van der Waals surface area contributed by atoms with Crippen molar-refractivity contribution in [3.8, 4) is 0 Å². The molecule has 1 unspecified atom stereocenters. The second kappa shape index (κ2) is 6.80. The maximum atomic E-state index is 6.14. The molecule has 2 aliphatic heterocycles. The zero-order valence-electron chi connectivity index (χ0n) is 13.4. The minimum absolute atomic E-state index is 0.403. The average Bonchev–Trinajstić information content (AvgIpc) is 2.78. The van der Waals surface area contributed by atoms with Crippen LogP contribution in [0.15, 0.2) is 18.2 Å². The molecule has 2 N–H and O–H groups in total. The Morgan fingerprint density at radius 1 is 1.05 bits per heavy atom. The van der Waals surface area contributed by atoms with E-state index >= 15 is 0 Å². The Balaban J connectivity index is 1.83. The highest BCUT2D eigenvalue weighted by Crippen LogP contribution is 2.31. The molecule has 0 aromatic heterocycles. The third-order valence-corrected chi connectivity index (χ3v) is 5.14. The van der Waals surface area contributed by atoms with Crippen LogP contribution in [0.4, 0.5) is 5.69 Å². The first-order chi connectivity index (χ1) is 10.3. The highest BCUT2D eigenvalue weighted by molar-refractivity contribution is 5.56.